The summed E-state index contributed by atoms with van der Waals surface area (Å²) in [5.74, 6) is 0.486. The van der Waals surface area contributed by atoms with Crippen molar-refractivity contribution in [2.24, 2.45) is 0 Å². The third kappa shape index (κ3) is 6.64. The van der Waals surface area contributed by atoms with Crippen LogP contribution in [0.2, 0.25) is 0 Å². The van der Waals surface area contributed by atoms with Crippen LogP contribution in [0.5, 0.6) is 0 Å². The van der Waals surface area contributed by atoms with Crippen LogP contribution in [0.25, 0.3) is 0 Å². The largest absolute Gasteiger partial charge is 0.444 e. The zero-order valence-corrected chi connectivity index (χ0v) is 21.3. The molecule has 1 fully saturated rings. The number of carbonyl (C=O) groups is 1. The van der Waals surface area contributed by atoms with Crippen molar-refractivity contribution in [2.75, 3.05) is 30.3 Å². The molecule has 1 atom stereocenters. The van der Waals surface area contributed by atoms with E-state index in [-0.39, 0.29) is 25.7 Å². The number of thioether (sulfide) groups is 1. The van der Waals surface area contributed by atoms with Gasteiger partial charge in [0.15, 0.2) is 0 Å². The molecule has 0 aliphatic carbocycles. The van der Waals surface area contributed by atoms with Crippen LogP contribution in [0.15, 0.2) is 59.5 Å². The van der Waals surface area contributed by atoms with Crippen molar-refractivity contribution >= 4 is 23.5 Å². The molecule has 1 aliphatic rings. The minimum absolute atomic E-state index is 0.242. The van der Waals surface area contributed by atoms with Gasteiger partial charge in [-0.25, -0.2) is 4.79 Å². The Hall–Kier alpha value is -2.60. The predicted molar refractivity (Wildman–Crippen MR) is 129 cm³/mol. The third-order valence-corrected chi connectivity index (χ3v) is 6.91. The average molecular weight is 551 g/mol. The molecule has 2 aromatic carbocycles. The van der Waals surface area contributed by atoms with Crippen LogP contribution in [0, 0.1) is 0 Å². The molecule has 1 aliphatic heterocycles. The van der Waals surface area contributed by atoms with Crippen LogP contribution in [0.3, 0.4) is 0 Å². The number of carbonyl (C=O) groups excluding carboxylic acids is 1. The summed E-state index contributed by atoms with van der Waals surface area (Å²) in [4.78, 5) is 17.0. The Morgan fingerprint density at radius 1 is 0.946 bits per heavy atom. The number of alkyl halides is 6. The molecule has 0 radical (unpaired) electrons. The molecule has 0 bridgehead atoms. The molecule has 1 N–H and O–H groups in total. The smallest absolute Gasteiger partial charge is 0.430 e. The summed E-state index contributed by atoms with van der Waals surface area (Å²) in [5.41, 5.74) is -6.64. The SMILES string of the molecule is CC(C)(C)OC(=O)N1CCN(c2ccc(C(O)(C(F)(F)F)C(F)(F)F)cc2)[C@@H](CSc2ccccc2)C1. The van der Waals surface area contributed by atoms with Gasteiger partial charge in [0, 0.05) is 41.5 Å². The molecule has 0 spiro atoms. The number of aliphatic hydroxyl groups is 1. The quantitative estimate of drug-likeness (QED) is 0.354. The number of amides is 1. The topological polar surface area (TPSA) is 53.0 Å². The van der Waals surface area contributed by atoms with Crippen LogP contribution < -0.4 is 4.90 Å². The zero-order valence-electron chi connectivity index (χ0n) is 20.4. The van der Waals surface area contributed by atoms with Crippen molar-refractivity contribution in [3.8, 4) is 0 Å². The standard InChI is InChI=1S/C25H28F6N2O3S/c1-22(2,3)36-21(34)32-13-14-33(19(15-32)16-37-20-7-5-4-6-8-20)18-11-9-17(10-12-18)23(35,24(26,27)28)25(29,30)31/h4-12,19,35H,13-16H2,1-3H3/t19-/m1/s1. The van der Waals surface area contributed by atoms with Crippen LogP contribution in [-0.2, 0) is 10.3 Å². The lowest BCUT2D eigenvalue weighted by molar-refractivity contribution is -0.376. The molecule has 1 heterocycles. The van der Waals surface area contributed by atoms with E-state index in [1.165, 1.54) is 11.8 Å². The first kappa shape index (κ1) is 29.0. The lowest BCUT2D eigenvalue weighted by atomic mass is 9.92. The van der Waals surface area contributed by atoms with Gasteiger partial charge in [-0.1, -0.05) is 30.3 Å². The number of piperazine rings is 1. The number of anilines is 1. The van der Waals surface area contributed by atoms with Crippen molar-refractivity contribution < 1.29 is 41.0 Å². The van der Waals surface area contributed by atoms with Gasteiger partial charge in [0.25, 0.3) is 5.60 Å². The first-order valence-electron chi connectivity index (χ1n) is 11.4. The predicted octanol–water partition coefficient (Wildman–Crippen LogP) is 6.22. The van der Waals surface area contributed by atoms with Gasteiger partial charge in [0.2, 0.25) is 0 Å². The van der Waals surface area contributed by atoms with Crippen LogP contribution >= 0.6 is 11.8 Å². The van der Waals surface area contributed by atoms with Gasteiger partial charge in [0.1, 0.15) is 5.60 Å². The van der Waals surface area contributed by atoms with Crippen molar-refractivity contribution in [3.05, 3.63) is 60.2 Å². The summed E-state index contributed by atoms with van der Waals surface area (Å²) >= 11 is 1.51. The summed E-state index contributed by atoms with van der Waals surface area (Å²) in [6, 6.07) is 12.6. The van der Waals surface area contributed by atoms with E-state index < -0.39 is 35.2 Å². The molecule has 3 rings (SSSR count). The highest BCUT2D eigenvalue weighted by Crippen LogP contribution is 2.50. The molecule has 1 saturated heterocycles. The van der Waals surface area contributed by atoms with Crippen molar-refractivity contribution in [1.82, 2.24) is 4.90 Å². The van der Waals surface area contributed by atoms with Gasteiger partial charge in [-0.15, -0.1) is 11.8 Å². The molecule has 2 aromatic rings. The molecule has 12 heteroatoms. The molecule has 0 unspecified atom stereocenters. The number of nitrogens with zero attached hydrogens (tertiary/aromatic N) is 2. The van der Waals surface area contributed by atoms with Crippen molar-refractivity contribution in [2.45, 2.75) is 55.3 Å². The molecule has 37 heavy (non-hydrogen) atoms. The molecular weight excluding hydrogens is 522 g/mol. The maximum absolute atomic E-state index is 13.3. The lowest BCUT2D eigenvalue weighted by Gasteiger charge is -2.43. The fraction of sp³-hybridized carbons (Fsp3) is 0.480. The first-order chi connectivity index (χ1) is 17.0. The van der Waals surface area contributed by atoms with E-state index in [0.29, 0.717) is 23.6 Å². The van der Waals surface area contributed by atoms with E-state index in [0.717, 1.165) is 17.0 Å². The summed E-state index contributed by atoms with van der Waals surface area (Å²) in [7, 11) is 0. The number of benzene rings is 2. The molecule has 0 aromatic heterocycles. The molecule has 204 valence electrons. The Kier molecular flexibility index (Phi) is 8.33. The van der Waals surface area contributed by atoms with E-state index in [1.807, 2.05) is 35.2 Å². The summed E-state index contributed by atoms with van der Waals surface area (Å²) in [5, 5.41) is 9.68. The van der Waals surface area contributed by atoms with Gasteiger partial charge < -0.3 is 19.6 Å². The van der Waals surface area contributed by atoms with Gasteiger partial charge in [0.05, 0.1) is 6.04 Å². The maximum Gasteiger partial charge on any atom is 0.430 e. The number of halogens is 6. The monoisotopic (exact) mass is 550 g/mol. The lowest BCUT2D eigenvalue weighted by Crippen LogP contribution is -2.56. The van der Waals surface area contributed by atoms with Gasteiger partial charge in [-0.05, 0) is 45.0 Å². The van der Waals surface area contributed by atoms with Crippen molar-refractivity contribution in [1.29, 1.82) is 0 Å². The fourth-order valence-electron chi connectivity index (χ4n) is 3.92. The highest BCUT2D eigenvalue weighted by molar-refractivity contribution is 7.99. The minimum atomic E-state index is -5.96. The number of rotatable bonds is 5. The average Bonchev–Trinajstić information content (AvgIpc) is 2.80. The Labute approximate surface area is 215 Å². The first-order valence-corrected chi connectivity index (χ1v) is 12.4. The second-order valence-electron chi connectivity index (χ2n) is 9.65. The minimum Gasteiger partial charge on any atom is -0.444 e. The number of ether oxygens (including phenoxy) is 1. The highest BCUT2D eigenvalue weighted by atomic mass is 32.2. The molecule has 0 saturated carbocycles. The second-order valence-corrected chi connectivity index (χ2v) is 10.7. The summed E-state index contributed by atoms with van der Waals surface area (Å²) < 4.78 is 85.1. The molecule has 5 nitrogen and oxygen atoms in total. The highest BCUT2D eigenvalue weighted by Gasteiger charge is 2.71. The summed E-state index contributed by atoms with van der Waals surface area (Å²) in [6.07, 6.45) is -12.4. The molecular formula is C25H28F6N2O3S. The zero-order chi connectivity index (χ0) is 27.6. The maximum atomic E-state index is 13.3. The Balaban J connectivity index is 1.87. The normalized spacial score (nSPS) is 17.6. The van der Waals surface area contributed by atoms with Crippen LogP contribution in [0.4, 0.5) is 36.8 Å². The van der Waals surface area contributed by atoms with E-state index in [2.05, 4.69) is 0 Å². The van der Waals surface area contributed by atoms with E-state index in [4.69, 9.17) is 4.74 Å². The van der Waals surface area contributed by atoms with Gasteiger partial charge in [-0.2, -0.15) is 26.3 Å². The number of hydrogen-bond donors (Lipinski definition) is 1. The Morgan fingerprint density at radius 3 is 2.03 bits per heavy atom. The van der Waals surface area contributed by atoms with Crippen LogP contribution in [-0.4, -0.2) is 65.5 Å². The fourth-order valence-corrected chi connectivity index (χ4v) is 4.94. The van der Waals surface area contributed by atoms with E-state index >= 15 is 0 Å². The molecule has 1 amide bonds. The van der Waals surface area contributed by atoms with E-state index in [1.54, 1.807) is 25.7 Å². The third-order valence-electron chi connectivity index (χ3n) is 5.76. The van der Waals surface area contributed by atoms with Gasteiger partial charge in [-0.3, -0.25) is 0 Å². The summed E-state index contributed by atoms with van der Waals surface area (Å²) in [6.45, 7) is 6.00. The van der Waals surface area contributed by atoms with Crippen molar-refractivity contribution in [3.63, 3.8) is 0 Å². The van der Waals surface area contributed by atoms with Crippen LogP contribution in [0.1, 0.15) is 26.3 Å². The van der Waals surface area contributed by atoms with Gasteiger partial charge >= 0.3 is 18.4 Å². The van der Waals surface area contributed by atoms with E-state index in [9.17, 15) is 36.2 Å². The Bertz CT molecular complexity index is 1040. The number of hydrogen-bond acceptors (Lipinski definition) is 5. The second kappa shape index (κ2) is 10.6. The Morgan fingerprint density at radius 2 is 1.51 bits per heavy atom.